The van der Waals surface area contributed by atoms with Crippen LogP contribution in [-0.4, -0.2) is 34.6 Å². The number of para-hydroxylation sites is 3. The van der Waals surface area contributed by atoms with Gasteiger partial charge in [0.25, 0.3) is 5.91 Å². The molecule has 6 nitrogen and oxygen atoms in total. The van der Waals surface area contributed by atoms with Gasteiger partial charge in [-0.2, -0.15) is 0 Å². The van der Waals surface area contributed by atoms with Crippen LogP contribution in [0.25, 0.3) is 11.0 Å². The van der Waals surface area contributed by atoms with Crippen molar-refractivity contribution in [1.29, 1.82) is 0 Å². The standard InChI is InChI=1S/C19H19N3O3/c1-2-22(15-8-4-3-5-9-15)18(23)13-25-19(24)12-21-14-20-16-10-6-7-11-17(16)21/h3-11,14H,2,12-13H2,1H3. The summed E-state index contributed by atoms with van der Waals surface area (Å²) in [6.07, 6.45) is 1.59. The van der Waals surface area contributed by atoms with E-state index >= 15 is 0 Å². The largest absolute Gasteiger partial charge is 0.454 e. The Morgan fingerprint density at radius 3 is 2.56 bits per heavy atom. The lowest BCUT2D eigenvalue weighted by Crippen LogP contribution is -2.34. The molecule has 6 heteroatoms. The monoisotopic (exact) mass is 337 g/mol. The molecule has 1 aromatic heterocycles. The van der Waals surface area contributed by atoms with Gasteiger partial charge >= 0.3 is 5.97 Å². The first kappa shape index (κ1) is 16.7. The molecule has 1 amide bonds. The van der Waals surface area contributed by atoms with Gasteiger partial charge in [-0.3, -0.25) is 9.59 Å². The molecule has 0 fully saturated rings. The molecule has 128 valence electrons. The molecule has 3 aromatic rings. The molecule has 25 heavy (non-hydrogen) atoms. The van der Waals surface area contributed by atoms with Crippen molar-refractivity contribution in [2.75, 3.05) is 18.1 Å². The number of carbonyl (C=O) groups is 2. The van der Waals surface area contributed by atoms with Gasteiger partial charge in [0, 0.05) is 12.2 Å². The van der Waals surface area contributed by atoms with E-state index in [1.54, 1.807) is 15.8 Å². The summed E-state index contributed by atoms with van der Waals surface area (Å²) in [5, 5.41) is 0. The number of hydrogen-bond donors (Lipinski definition) is 0. The fraction of sp³-hybridized carbons (Fsp3) is 0.211. The second-order valence-electron chi connectivity index (χ2n) is 5.50. The Balaban J connectivity index is 1.59. The number of hydrogen-bond acceptors (Lipinski definition) is 4. The lowest BCUT2D eigenvalue weighted by atomic mass is 10.3. The quantitative estimate of drug-likeness (QED) is 0.649. The summed E-state index contributed by atoms with van der Waals surface area (Å²) in [4.78, 5) is 30.2. The normalized spacial score (nSPS) is 10.6. The summed E-state index contributed by atoms with van der Waals surface area (Å²) in [7, 11) is 0. The fourth-order valence-electron chi connectivity index (χ4n) is 2.65. The molecule has 1 heterocycles. The van der Waals surface area contributed by atoms with Gasteiger partial charge in [0.05, 0.1) is 17.4 Å². The first-order valence-electron chi connectivity index (χ1n) is 8.10. The van der Waals surface area contributed by atoms with Gasteiger partial charge in [0.15, 0.2) is 6.61 Å². The van der Waals surface area contributed by atoms with Crippen molar-refractivity contribution in [2.45, 2.75) is 13.5 Å². The fourth-order valence-corrected chi connectivity index (χ4v) is 2.65. The molecular formula is C19H19N3O3. The number of carbonyl (C=O) groups excluding carboxylic acids is 2. The number of amides is 1. The zero-order valence-corrected chi connectivity index (χ0v) is 14.0. The molecule has 0 spiro atoms. The number of esters is 1. The van der Waals surface area contributed by atoms with Gasteiger partial charge in [-0.15, -0.1) is 0 Å². The predicted molar refractivity (Wildman–Crippen MR) is 95.2 cm³/mol. The third-order valence-electron chi connectivity index (χ3n) is 3.87. The second kappa shape index (κ2) is 7.61. The van der Waals surface area contributed by atoms with E-state index in [1.165, 1.54) is 0 Å². The van der Waals surface area contributed by atoms with E-state index in [9.17, 15) is 9.59 Å². The highest BCUT2D eigenvalue weighted by molar-refractivity contribution is 5.95. The van der Waals surface area contributed by atoms with E-state index in [2.05, 4.69) is 4.98 Å². The first-order chi connectivity index (χ1) is 12.2. The van der Waals surface area contributed by atoms with Crippen LogP contribution in [0.15, 0.2) is 60.9 Å². The van der Waals surface area contributed by atoms with Gasteiger partial charge in [-0.25, -0.2) is 4.98 Å². The zero-order valence-electron chi connectivity index (χ0n) is 14.0. The van der Waals surface area contributed by atoms with Crippen molar-refractivity contribution in [2.24, 2.45) is 0 Å². The summed E-state index contributed by atoms with van der Waals surface area (Å²) in [5.41, 5.74) is 2.45. The highest BCUT2D eigenvalue weighted by Gasteiger charge is 2.16. The van der Waals surface area contributed by atoms with Crippen LogP contribution in [0.5, 0.6) is 0 Å². The maximum Gasteiger partial charge on any atom is 0.326 e. The van der Waals surface area contributed by atoms with Gasteiger partial charge < -0.3 is 14.2 Å². The predicted octanol–water partition coefficient (Wildman–Crippen LogP) is 2.63. The number of imidazole rings is 1. The lowest BCUT2D eigenvalue weighted by molar-refractivity contribution is -0.148. The average molecular weight is 337 g/mol. The van der Waals surface area contributed by atoms with Crippen LogP contribution in [0.3, 0.4) is 0 Å². The molecule has 2 aromatic carbocycles. The summed E-state index contributed by atoms with van der Waals surface area (Å²) in [6, 6.07) is 16.8. The molecule has 0 unspecified atom stereocenters. The molecule has 3 rings (SSSR count). The van der Waals surface area contributed by atoms with Crippen LogP contribution in [0.1, 0.15) is 6.92 Å². The van der Waals surface area contributed by atoms with E-state index in [0.29, 0.717) is 6.54 Å². The number of anilines is 1. The summed E-state index contributed by atoms with van der Waals surface area (Å²) >= 11 is 0. The van der Waals surface area contributed by atoms with E-state index in [1.807, 2.05) is 61.5 Å². The Bertz CT molecular complexity index is 874. The topological polar surface area (TPSA) is 64.4 Å². The molecule has 0 atom stereocenters. The van der Waals surface area contributed by atoms with Crippen LogP contribution < -0.4 is 4.90 Å². The molecule has 0 N–H and O–H groups in total. The van der Waals surface area contributed by atoms with Crippen molar-refractivity contribution in [3.8, 4) is 0 Å². The molecule has 0 aliphatic rings. The van der Waals surface area contributed by atoms with Gasteiger partial charge in [-0.1, -0.05) is 30.3 Å². The summed E-state index contributed by atoms with van der Waals surface area (Å²) in [6.45, 7) is 2.12. The molecule has 0 saturated heterocycles. The minimum absolute atomic E-state index is 0.0191. The molecule has 0 aliphatic carbocycles. The minimum atomic E-state index is -0.472. The number of ether oxygens (including phenoxy) is 1. The van der Waals surface area contributed by atoms with Crippen LogP contribution >= 0.6 is 0 Å². The Morgan fingerprint density at radius 2 is 1.80 bits per heavy atom. The minimum Gasteiger partial charge on any atom is -0.454 e. The van der Waals surface area contributed by atoms with Crippen LogP contribution in [0.4, 0.5) is 5.69 Å². The Hall–Kier alpha value is -3.15. The van der Waals surface area contributed by atoms with Gasteiger partial charge in [0.2, 0.25) is 0 Å². The molecule has 0 saturated carbocycles. The number of likely N-dealkylation sites (N-methyl/N-ethyl adjacent to an activating group) is 1. The first-order valence-corrected chi connectivity index (χ1v) is 8.10. The van der Waals surface area contributed by atoms with Crippen molar-refractivity contribution in [3.05, 3.63) is 60.9 Å². The van der Waals surface area contributed by atoms with Crippen LogP contribution in [0, 0.1) is 0 Å². The van der Waals surface area contributed by atoms with E-state index in [-0.39, 0.29) is 19.1 Å². The SMILES string of the molecule is CCN(C(=O)COC(=O)Cn1cnc2ccccc21)c1ccccc1. The Kier molecular flexibility index (Phi) is 5.09. The third-order valence-corrected chi connectivity index (χ3v) is 3.87. The summed E-state index contributed by atoms with van der Waals surface area (Å²) < 4.78 is 6.86. The van der Waals surface area contributed by atoms with Crippen molar-refractivity contribution >= 4 is 28.6 Å². The molecule has 0 radical (unpaired) electrons. The highest BCUT2D eigenvalue weighted by Crippen LogP contribution is 2.14. The lowest BCUT2D eigenvalue weighted by Gasteiger charge is -2.20. The van der Waals surface area contributed by atoms with E-state index in [4.69, 9.17) is 4.74 Å². The summed E-state index contributed by atoms with van der Waals surface area (Å²) in [5.74, 6) is -0.724. The number of rotatable bonds is 6. The van der Waals surface area contributed by atoms with Gasteiger partial charge in [0.1, 0.15) is 6.54 Å². The van der Waals surface area contributed by atoms with Crippen LogP contribution in [-0.2, 0) is 20.9 Å². The highest BCUT2D eigenvalue weighted by atomic mass is 16.5. The Labute approximate surface area is 145 Å². The van der Waals surface area contributed by atoms with E-state index in [0.717, 1.165) is 16.7 Å². The van der Waals surface area contributed by atoms with Crippen molar-refractivity contribution in [1.82, 2.24) is 9.55 Å². The third kappa shape index (κ3) is 3.85. The van der Waals surface area contributed by atoms with Crippen LogP contribution in [0.2, 0.25) is 0 Å². The number of nitrogens with zero attached hydrogens (tertiary/aromatic N) is 3. The number of benzene rings is 2. The Morgan fingerprint density at radius 1 is 1.08 bits per heavy atom. The number of aromatic nitrogens is 2. The second-order valence-corrected chi connectivity index (χ2v) is 5.50. The zero-order chi connectivity index (χ0) is 17.6. The maximum absolute atomic E-state index is 12.3. The van der Waals surface area contributed by atoms with Crippen molar-refractivity contribution < 1.29 is 14.3 Å². The molecular weight excluding hydrogens is 318 g/mol. The number of fused-ring (bicyclic) bond motifs is 1. The maximum atomic E-state index is 12.3. The van der Waals surface area contributed by atoms with Gasteiger partial charge in [-0.05, 0) is 31.2 Å². The smallest absolute Gasteiger partial charge is 0.326 e. The molecule has 0 aliphatic heterocycles. The average Bonchev–Trinajstić information content (AvgIpc) is 3.04. The molecule has 0 bridgehead atoms. The van der Waals surface area contributed by atoms with E-state index < -0.39 is 5.97 Å². The van der Waals surface area contributed by atoms with Crippen molar-refractivity contribution in [3.63, 3.8) is 0 Å².